The second kappa shape index (κ2) is 8.84. The SMILES string of the molecule is CCN(C(=O)COc1ccc(Cl)cc1)C(C)c1nc2cc(Cl)ccc2c(=O)n1C. The Morgan fingerprint density at radius 3 is 2.48 bits per heavy atom. The van der Waals surface area contributed by atoms with Gasteiger partial charge in [0, 0.05) is 23.6 Å². The Kier molecular flexibility index (Phi) is 6.45. The van der Waals surface area contributed by atoms with Crippen molar-refractivity contribution in [2.45, 2.75) is 19.9 Å². The zero-order valence-electron chi connectivity index (χ0n) is 16.4. The largest absolute Gasteiger partial charge is 0.484 e. The number of amides is 1. The van der Waals surface area contributed by atoms with E-state index >= 15 is 0 Å². The van der Waals surface area contributed by atoms with E-state index in [2.05, 4.69) is 4.98 Å². The number of fused-ring (bicyclic) bond motifs is 1. The maximum Gasteiger partial charge on any atom is 0.261 e. The van der Waals surface area contributed by atoms with Crippen molar-refractivity contribution in [1.29, 1.82) is 0 Å². The second-order valence-electron chi connectivity index (χ2n) is 6.59. The third-order valence-electron chi connectivity index (χ3n) is 4.75. The standard InChI is InChI=1S/C21H21Cl2N3O3/c1-4-26(19(27)12-29-16-8-5-14(22)6-9-16)13(2)20-24-18-11-15(23)7-10-17(18)21(28)25(20)3/h5-11,13H,4,12H2,1-3H3. The lowest BCUT2D eigenvalue weighted by molar-refractivity contribution is -0.135. The number of likely N-dealkylation sites (N-methyl/N-ethyl adjacent to an activating group) is 1. The van der Waals surface area contributed by atoms with Gasteiger partial charge in [0.1, 0.15) is 11.6 Å². The van der Waals surface area contributed by atoms with Gasteiger partial charge in [0.15, 0.2) is 6.61 Å². The molecule has 0 radical (unpaired) electrons. The maximum atomic E-state index is 12.8. The molecule has 0 saturated heterocycles. The highest BCUT2D eigenvalue weighted by atomic mass is 35.5. The molecule has 0 aliphatic rings. The summed E-state index contributed by atoms with van der Waals surface area (Å²) in [7, 11) is 1.65. The number of nitrogens with zero attached hydrogens (tertiary/aromatic N) is 3. The van der Waals surface area contributed by atoms with E-state index in [1.807, 2.05) is 13.8 Å². The predicted octanol–water partition coefficient (Wildman–Crippen LogP) is 4.23. The average molecular weight is 434 g/mol. The molecule has 0 aliphatic carbocycles. The van der Waals surface area contributed by atoms with Gasteiger partial charge in [0.2, 0.25) is 0 Å². The van der Waals surface area contributed by atoms with Crippen molar-refractivity contribution >= 4 is 40.0 Å². The van der Waals surface area contributed by atoms with Gasteiger partial charge in [-0.1, -0.05) is 23.2 Å². The summed E-state index contributed by atoms with van der Waals surface area (Å²) in [6.45, 7) is 4.01. The Labute approximate surface area is 178 Å². The molecule has 152 valence electrons. The molecule has 3 aromatic rings. The lowest BCUT2D eigenvalue weighted by atomic mass is 10.2. The Morgan fingerprint density at radius 2 is 1.83 bits per heavy atom. The molecule has 1 atom stereocenters. The van der Waals surface area contributed by atoms with Crippen LogP contribution in [0, 0.1) is 0 Å². The van der Waals surface area contributed by atoms with Crippen LogP contribution in [0.3, 0.4) is 0 Å². The Hall–Kier alpha value is -2.57. The summed E-state index contributed by atoms with van der Waals surface area (Å²) in [6.07, 6.45) is 0. The van der Waals surface area contributed by atoms with E-state index in [1.165, 1.54) is 4.57 Å². The average Bonchev–Trinajstić information content (AvgIpc) is 2.70. The van der Waals surface area contributed by atoms with Crippen molar-refractivity contribution in [2.24, 2.45) is 7.05 Å². The molecule has 0 N–H and O–H groups in total. The van der Waals surface area contributed by atoms with Crippen molar-refractivity contribution in [2.75, 3.05) is 13.2 Å². The molecule has 1 aromatic heterocycles. The Balaban J connectivity index is 1.85. The molecular weight excluding hydrogens is 413 g/mol. The first-order valence-electron chi connectivity index (χ1n) is 9.15. The van der Waals surface area contributed by atoms with Crippen molar-refractivity contribution in [1.82, 2.24) is 14.5 Å². The molecule has 6 nitrogen and oxygen atoms in total. The lowest BCUT2D eigenvalue weighted by Gasteiger charge is -2.28. The molecule has 0 aliphatic heterocycles. The molecule has 0 spiro atoms. The van der Waals surface area contributed by atoms with Crippen LogP contribution in [-0.2, 0) is 11.8 Å². The fraction of sp³-hybridized carbons (Fsp3) is 0.286. The van der Waals surface area contributed by atoms with Crippen LogP contribution in [0.4, 0.5) is 0 Å². The quantitative estimate of drug-likeness (QED) is 0.583. The minimum atomic E-state index is -0.428. The normalized spacial score (nSPS) is 12.0. The molecule has 8 heteroatoms. The maximum absolute atomic E-state index is 12.8. The lowest BCUT2D eigenvalue weighted by Crippen LogP contribution is -2.39. The molecule has 2 aromatic carbocycles. The molecule has 1 unspecified atom stereocenters. The van der Waals surface area contributed by atoms with E-state index in [0.29, 0.717) is 39.1 Å². The van der Waals surface area contributed by atoms with Gasteiger partial charge in [0.05, 0.1) is 16.9 Å². The number of benzene rings is 2. The highest BCUT2D eigenvalue weighted by Crippen LogP contribution is 2.22. The predicted molar refractivity (Wildman–Crippen MR) is 115 cm³/mol. The van der Waals surface area contributed by atoms with Crippen molar-refractivity contribution < 1.29 is 9.53 Å². The summed E-state index contributed by atoms with van der Waals surface area (Å²) >= 11 is 11.9. The van der Waals surface area contributed by atoms with Gasteiger partial charge in [-0.25, -0.2) is 4.98 Å². The molecular formula is C21H21Cl2N3O3. The summed E-state index contributed by atoms with van der Waals surface area (Å²) < 4.78 is 7.04. The van der Waals surface area contributed by atoms with E-state index < -0.39 is 6.04 Å². The molecule has 1 amide bonds. The molecule has 0 saturated carbocycles. The van der Waals surface area contributed by atoms with Crippen LogP contribution >= 0.6 is 23.2 Å². The number of hydrogen-bond acceptors (Lipinski definition) is 4. The first-order chi connectivity index (χ1) is 13.8. The highest BCUT2D eigenvalue weighted by Gasteiger charge is 2.24. The summed E-state index contributed by atoms with van der Waals surface area (Å²) in [4.78, 5) is 31.7. The van der Waals surface area contributed by atoms with Crippen LogP contribution in [0.25, 0.3) is 10.9 Å². The van der Waals surface area contributed by atoms with E-state index in [-0.39, 0.29) is 18.1 Å². The van der Waals surface area contributed by atoms with E-state index in [4.69, 9.17) is 27.9 Å². The zero-order chi connectivity index (χ0) is 21.1. The van der Waals surface area contributed by atoms with Crippen LogP contribution in [0.1, 0.15) is 25.7 Å². The summed E-state index contributed by atoms with van der Waals surface area (Å²) in [5.74, 6) is 0.819. The van der Waals surface area contributed by atoms with Gasteiger partial charge >= 0.3 is 0 Å². The minimum Gasteiger partial charge on any atom is -0.484 e. The number of carbonyl (C=O) groups is 1. The van der Waals surface area contributed by atoms with Gasteiger partial charge < -0.3 is 9.64 Å². The number of ether oxygens (including phenoxy) is 1. The van der Waals surface area contributed by atoms with Crippen molar-refractivity contribution in [3.05, 3.63) is 68.7 Å². The van der Waals surface area contributed by atoms with Gasteiger partial charge in [-0.05, 0) is 56.3 Å². The monoisotopic (exact) mass is 433 g/mol. The molecule has 29 heavy (non-hydrogen) atoms. The number of hydrogen-bond donors (Lipinski definition) is 0. The highest BCUT2D eigenvalue weighted by molar-refractivity contribution is 6.31. The molecule has 3 rings (SSSR count). The minimum absolute atomic E-state index is 0.132. The smallest absolute Gasteiger partial charge is 0.261 e. The van der Waals surface area contributed by atoms with Gasteiger partial charge in [-0.2, -0.15) is 0 Å². The fourth-order valence-corrected chi connectivity index (χ4v) is 3.49. The Morgan fingerprint density at radius 1 is 1.17 bits per heavy atom. The summed E-state index contributed by atoms with van der Waals surface area (Å²) in [5, 5.41) is 1.57. The Bertz CT molecular complexity index is 1100. The van der Waals surface area contributed by atoms with Crippen molar-refractivity contribution in [3.8, 4) is 5.75 Å². The third-order valence-corrected chi connectivity index (χ3v) is 5.24. The van der Waals surface area contributed by atoms with Gasteiger partial charge in [-0.15, -0.1) is 0 Å². The van der Waals surface area contributed by atoms with Crippen LogP contribution in [0.5, 0.6) is 5.75 Å². The number of aromatic nitrogens is 2. The topological polar surface area (TPSA) is 64.4 Å². The molecule has 0 fully saturated rings. The van der Waals surface area contributed by atoms with Crippen LogP contribution in [0.2, 0.25) is 10.0 Å². The number of rotatable bonds is 6. The number of carbonyl (C=O) groups excluding carboxylic acids is 1. The van der Waals surface area contributed by atoms with Gasteiger partial charge in [0.25, 0.3) is 11.5 Å². The van der Waals surface area contributed by atoms with E-state index in [0.717, 1.165) is 0 Å². The van der Waals surface area contributed by atoms with E-state index in [9.17, 15) is 9.59 Å². The second-order valence-corrected chi connectivity index (χ2v) is 7.47. The summed E-state index contributed by atoms with van der Waals surface area (Å²) in [6, 6.07) is 11.3. The van der Waals surface area contributed by atoms with Crippen molar-refractivity contribution in [3.63, 3.8) is 0 Å². The third kappa shape index (κ3) is 4.54. The summed E-state index contributed by atoms with van der Waals surface area (Å²) in [5.41, 5.74) is 0.317. The molecule has 0 bridgehead atoms. The van der Waals surface area contributed by atoms with Gasteiger partial charge in [-0.3, -0.25) is 14.2 Å². The van der Waals surface area contributed by atoms with E-state index in [1.54, 1.807) is 54.4 Å². The van der Waals surface area contributed by atoms with Crippen LogP contribution in [0.15, 0.2) is 47.3 Å². The van der Waals surface area contributed by atoms with Crippen LogP contribution < -0.4 is 10.3 Å². The first kappa shape index (κ1) is 21.1. The van der Waals surface area contributed by atoms with Crippen LogP contribution in [-0.4, -0.2) is 33.5 Å². The first-order valence-corrected chi connectivity index (χ1v) is 9.91. The number of halogens is 2. The zero-order valence-corrected chi connectivity index (χ0v) is 17.9. The molecule has 1 heterocycles. The fourth-order valence-electron chi connectivity index (χ4n) is 3.20.